The standard InChI is InChI=1S/C13H16Cl2N2O2/c1-13(2,3)19-12(18)17-7-4-5-9-10(14)6-8-16-11(9)15/h4-6,8H,7H2,1-3H3,(H,17,18). The predicted molar refractivity (Wildman–Crippen MR) is 77.5 cm³/mol. The molecule has 0 unspecified atom stereocenters. The van der Waals surface area contributed by atoms with Crippen molar-refractivity contribution >= 4 is 35.4 Å². The van der Waals surface area contributed by atoms with Crippen LogP contribution in [0.5, 0.6) is 0 Å². The van der Waals surface area contributed by atoms with Crippen LogP contribution in [0.2, 0.25) is 10.2 Å². The number of ether oxygens (including phenoxy) is 1. The second-order valence-electron chi connectivity index (χ2n) is 4.78. The van der Waals surface area contributed by atoms with Crippen LogP contribution in [0.3, 0.4) is 0 Å². The van der Waals surface area contributed by atoms with Crippen LogP contribution in [0.25, 0.3) is 6.08 Å². The van der Waals surface area contributed by atoms with Crippen LogP contribution in [0, 0.1) is 0 Å². The molecular formula is C13H16Cl2N2O2. The molecular weight excluding hydrogens is 287 g/mol. The number of carbonyl (C=O) groups is 1. The molecule has 0 atom stereocenters. The van der Waals surface area contributed by atoms with Gasteiger partial charge in [0, 0.05) is 18.3 Å². The van der Waals surface area contributed by atoms with Crippen LogP contribution in [0.1, 0.15) is 26.3 Å². The van der Waals surface area contributed by atoms with Crippen LogP contribution in [-0.2, 0) is 4.74 Å². The monoisotopic (exact) mass is 302 g/mol. The van der Waals surface area contributed by atoms with E-state index in [0.29, 0.717) is 22.3 Å². The van der Waals surface area contributed by atoms with Crippen molar-refractivity contribution in [3.05, 3.63) is 34.1 Å². The van der Waals surface area contributed by atoms with Crippen molar-refractivity contribution in [2.45, 2.75) is 26.4 Å². The number of hydrogen-bond acceptors (Lipinski definition) is 3. The second-order valence-corrected chi connectivity index (χ2v) is 5.55. The van der Waals surface area contributed by atoms with E-state index in [-0.39, 0.29) is 0 Å². The summed E-state index contributed by atoms with van der Waals surface area (Å²) in [7, 11) is 0. The largest absolute Gasteiger partial charge is 0.444 e. The van der Waals surface area contributed by atoms with Gasteiger partial charge in [-0.25, -0.2) is 9.78 Å². The number of aromatic nitrogens is 1. The zero-order valence-corrected chi connectivity index (χ0v) is 12.5. The molecule has 0 radical (unpaired) electrons. The number of amides is 1. The summed E-state index contributed by atoms with van der Waals surface area (Å²) in [6.45, 7) is 5.73. The van der Waals surface area contributed by atoms with Gasteiger partial charge in [-0.1, -0.05) is 35.4 Å². The fourth-order valence-corrected chi connectivity index (χ4v) is 1.69. The van der Waals surface area contributed by atoms with Gasteiger partial charge in [0.25, 0.3) is 0 Å². The van der Waals surface area contributed by atoms with Crippen LogP contribution in [0.4, 0.5) is 4.79 Å². The maximum Gasteiger partial charge on any atom is 0.407 e. The van der Waals surface area contributed by atoms with Gasteiger partial charge in [-0.15, -0.1) is 0 Å². The van der Waals surface area contributed by atoms with Gasteiger partial charge >= 0.3 is 6.09 Å². The summed E-state index contributed by atoms with van der Waals surface area (Å²) in [5.74, 6) is 0. The maximum absolute atomic E-state index is 11.4. The average Bonchev–Trinajstić information content (AvgIpc) is 2.25. The molecule has 1 heterocycles. The zero-order chi connectivity index (χ0) is 14.5. The molecule has 1 amide bonds. The topological polar surface area (TPSA) is 51.2 Å². The molecule has 1 aromatic heterocycles. The molecule has 1 aromatic rings. The minimum absolute atomic E-state index is 0.316. The number of carbonyl (C=O) groups excluding carboxylic acids is 1. The van der Waals surface area contributed by atoms with E-state index in [2.05, 4.69) is 10.3 Å². The first-order chi connectivity index (χ1) is 8.79. The summed E-state index contributed by atoms with van der Waals surface area (Å²) in [6, 6.07) is 1.65. The molecule has 19 heavy (non-hydrogen) atoms. The molecule has 0 aliphatic rings. The number of alkyl carbamates (subject to hydrolysis) is 1. The first kappa shape index (κ1) is 15.8. The molecule has 0 saturated carbocycles. The minimum Gasteiger partial charge on any atom is -0.444 e. The molecule has 0 aliphatic heterocycles. The van der Waals surface area contributed by atoms with Crippen LogP contribution >= 0.6 is 23.2 Å². The van der Waals surface area contributed by atoms with E-state index in [0.717, 1.165) is 0 Å². The Labute approximate surface area is 122 Å². The summed E-state index contributed by atoms with van der Waals surface area (Å²) in [5, 5.41) is 3.42. The van der Waals surface area contributed by atoms with Crippen molar-refractivity contribution in [2.75, 3.05) is 6.54 Å². The lowest BCUT2D eigenvalue weighted by atomic mass is 10.2. The molecule has 0 aliphatic carbocycles. The average molecular weight is 303 g/mol. The van der Waals surface area contributed by atoms with Gasteiger partial charge < -0.3 is 10.1 Å². The molecule has 0 bridgehead atoms. The Kier molecular flexibility index (Phi) is 5.63. The van der Waals surface area contributed by atoms with Gasteiger partial charge in [0.1, 0.15) is 10.8 Å². The normalized spacial score (nSPS) is 11.6. The Hall–Kier alpha value is -1.26. The summed E-state index contributed by atoms with van der Waals surface area (Å²) < 4.78 is 5.09. The van der Waals surface area contributed by atoms with Gasteiger partial charge in [-0.05, 0) is 26.8 Å². The van der Waals surface area contributed by atoms with Gasteiger partial charge in [-0.3, -0.25) is 0 Å². The van der Waals surface area contributed by atoms with Crippen molar-refractivity contribution in [3.63, 3.8) is 0 Å². The first-order valence-electron chi connectivity index (χ1n) is 5.73. The minimum atomic E-state index is -0.510. The predicted octanol–water partition coefficient (Wildman–Crippen LogP) is 3.93. The molecule has 1 N–H and O–H groups in total. The quantitative estimate of drug-likeness (QED) is 0.861. The number of nitrogens with zero attached hydrogens (tertiary/aromatic N) is 1. The van der Waals surface area contributed by atoms with Crippen LogP contribution in [-0.4, -0.2) is 23.2 Å². The first-order valence-corrected chi connectivity index (χ1v) is 6.48. The highest BCUT2D eigenvalue weighted by molar-refractivity contribution is 6.36. The Morgan fingerprint density at radius 3 is 2.74 bits per heavy atom. The van der Waals surface area contributed by atoms with Gasteiger partial charge in [0.2, 0.25) is 0 Å². The molecule has 0 spiro atoms. The van der Waals surface area contributed by atoms with Crippen molar-refractivity contribution < 1.29 is 9.53 Å². The Morgan fingerprint density at radius 2 is 2.16 bits per heavy atom. The van der Waals surface area contributed by atoms with E-state index in [1.807, 2.05) is 0 Å². The van der Waals surface area contributed by atoms with Gasteiger partial charge in [-0.2, -0.15) is 0 Å². The van der Waals surface area contributed by atoms with Crippen molar-refractivity contribution in [2.24, 2.45) is 0 Å². The van der Waals surface area contributed by atoms with Crippen LogP contribution < -0.4 is 5.32 Å². The highest BCUT2D eigenvalue weighted by Crippen LogP contribution is 2.22. The SMILES string of the molecule is CC(C)(C)OC(=O)NCC=Cc1c(Cl)ccnc1Cl. The Balaban J connectivity index is 2.49. The molecule has 0 saturated heterocycles. The molecule has 4 nitrogen and oxygen atoms in total. The van der Waals surface area contributed by atoms with Gasteiger partial charge in [0.05, 0.1) is 5.02 Å². The highest BCUT2D eigenvalue weighted by atomic mass is 35.5. The van der Waals surface area contributed by atoms with Crippen molar-refractivity contribution in [1.29, 1.82) is 0 Å². The lowest BCUT2D eigenvalue weighted by molar-refractivity contribution is 0.0534. The molecule has 6 heteroatoms. The lowest BCUT2D eigenvalue weighted by Gasteiger charge is -2.19. The van der Waals surface area contributed by atoms with Crippen molar-refractivity contribution in [3.8, 4) is 0 Å². The zero-order valence-electron chi connectivity index (χ0n) is 11.0. The number of halogens is 2. The van der Waals surface area contributed by atoms with E-state index >= 15 is 0 Å². The second kappa shape index (κ2) is 6.78. The summed E-state index contributed by atoms with van der Waals surface area (Å²) in [6.07, 6.45) is 4.48. The van der Waals surface area contributed by atoms with Crippen LogP contribution in [0.15, 0.2) is 18.3 Å². The Morgan fingerprint density at radius 1 is 1.47 bits per heavy atom. The summed E-state index contributed by atoms with van der Waals surface area (Å²) >= 11 is 11.9. The lowest BCUT2D eigenvalue weighted by Crippen LogP contribution is -2.32. The molecule has 0 aromatic carbocycles. The van der Waals surface area contributed by atoms with E-state index in [1.165, 1.54) is 6.20 Å². The van der Waals surface area contributed by atoms with Gasteiger partial charge in [0.15, 0.2) is 0 Å². The number of nitrogens with one attached hydrogen (secondary N) is 1. The third kappa shape index (κ3) is 5.94. The third-order valence-electron chi connectivity index (χ3n) is 1.94. The van der Waals surface area contributed by atoms with Crippen molar-refractivity contribution in [1.82, 2.24) is 10.3 Å². The summed E-state index contributed by atoms with van der Waals surface area (Å²) in [4.78, 5) is 15.3. The van der Waals surface area contributed by atoms with E-state index in [1.54, 1.807) is 39.0 Å². The van der Waals surface area contributed by atoms with E-state index in [9.17, 15) is 4.79 Å². The summed E-state index contributed by atoms with van der Waals surface area (Å²) in [5.41, 5.74) is 0.112. The number of pyridine rings is 1. The number of rotatable bonds is 3. The number of hydrogen-bond donors (Lipinski definition) is 1. The van der Waals surface area contributed by atoms with E-state index < -0.39 is 11.7 Å². The highest BCUT2D eigenvalue weighted by Gasteiger charge is 2.15. The fraction of sp³-hybridized carbons (Fsp3) is 0.385. The molecule has 104 valence electrons. The smallest absolute Gasteiger partial charge is 0.407 e. The third-order valence-corrected chi connectivity index (χ3v) is 2.57. The molecule has 1 rings (SSSR count). The Bertz CT molecular complexity index is 462. The van der Waals surface area contributed by atoms with E-state index in [4.69, 9.17) is 27.9 Å². The maximum atomic E-state index is 11.4. The fourth-order valence-electron chi connectivity index (χ4n) is 1.21. The molecule has 0 fully saturated rings.